The first kappa shape index (κ1) is 13.9. The molecule has 1 heterocycles. The lowest BCUT2D eigenvalue weighted by Gasteiger charge is -2.46. The van der Waals surface area contributed by atoms with Crippen LogP contribution in [0.15, 0.2) is 0 Å². The fourth-order valence-electron chi connectivity index (χ4n) is 1.97. The number of rotatable bonds is 1. The minimum Gasteiger partial charge on any atom is -0.327 e. The van der Waals surface area contributed by atoms with Crippen LogP contribution in [0.2, 0.25) is 0 Å². The zero-order valence-corrected chi connectivity index (χ0v) is 11.8. The average molecular weight is 248 g/mol. The van der Waals surface area contributed by atoms with E-state index in [0.29, 0.717) is 6.54 Å². The van der Waals surface area contributed by atoms with Gasteiger partial charge in [-0.3, -0.25) is 0 Å². The molecule has 1 atom stereocenters. The predicted molar refractivity (Wildman–Crippen MR) is 66.7 cm³/mol. The van der Waals surface area contributed by atoms with E-state index in [1.807, 2.05) is 13.8 Å². The third-order valence-electron chi connectivity index (χ3n) is 3.27. The number of nitrogens with zero attached hydrogens (tertiary/aromatic N) is 1. The van der Waals surface area contributed by atoms with E-state index in [4.69, 9.17) is 5.73 Å². The summed E-state index contributed by atoms with van der Waals surface area (Å²) in [5.41, 5.74) is 5.56. The minimum atomic E-state index is -3.29. The monoisotopic (exact) mass is 248 g/mol. The van der Waals surface area contributed by atoms with Gasteiger partial charge in [-0.1, -0.05) is 0 Å². The van der Waals surface area contributed by atoms with Gasteiger partial charge in [0.1, 0.15) is 0 Å². The molecule has 0 radical (unpaired) electrons. The molecule has 1 fully saturated rings. The fraction of sp³-hybridized carbons (Fsp3) is 1.00. The molecule has 0 aromatic carbocycles. The third-order valence-corrected chi connectivity index (χ3v) is 6.04. The highest BCUT2D eigenvalue weighted by Crippen LogP contribution is 2.33. The number of hydrogen-bond donors (Lipinski definition) is 1. The second-order valence-electron chi connectivity index (χ2n) is 6.26. The topological polar surface area (TPSA) is 63.4 Å². The van der Waals surface area contributed by atoms with Crippen molar-refractivity contribution in [2.45, 2.75) is 63.8 Å². The van der Waals surface area contributed by atoms with Gasteiger partial charge in [-0.15, -0.1) is 0 Å². The van der Waals surface area contributed by atoms with Crippen LogP contribution < -0.4 is 5.73 Å². The quantitative estimate of drug-likeness (QED) is 0.761. The number of hydrogen-bond acceptors (Lipinski definition) is 3. The van der Waals surface area contributed by atoms with Gasteiger partial charge in [-0.2, -0.15) is 4.31 Å². The fourth-order valence-corrected chi connectivity index (χ4v) is 3.76. The Morgan fingerprint density at radius 1 is 1.31 bits per heavy atom. The molecule has 0 spiro atoms. The minimum absolute atomic E-state index is 0.0369. The molecule has 0 aromatic heterocycles. The molecular formula is C11H24N2O2S. The molecule has 0 amide bonds. The molecule has 4 nitrogen and oxygen atoms in total. The maximum Gasteiger partial charge on any atom is 0.219 e. The highest BCUT2D eigenvalue weighted by Gasteiger charge is 2.45. The molecule has 0 aliphatic carbocycles. The van der Waals surface area contributed by atoms with E-state index in [-0.39, 0.29) is 11.6 Å². The first-order chi connectivity index (χ1) is 6.98. The van der Waals surface area contributed by atoms with Gasteiger partial charge in [-0.05, 0) is 47.5 Å². The molecule has 1 rings (SSSR count). The summed E-state index contributed by atoms with van der Waals surface area (Å²) in [5, 5.41) is 0. The van der Waals surface area contributed by atoms with Gasteiger partial charge in [0.25, 0.3) is 0 Å². The first-order valence-electron chi connectivity index (χ1n) is 5.76. The van der Waals surface area contributed by atoms with Gasteiger partial charge >= 0.3 is 0 Å². The summed E-state index contributed by atoms with van der Waals surface area (Å²) in [6, 6.07) is -0.0369. The summed E-state index contributed by atoms with van der Waals surface area (Å²) in [5.74, 6) is 0. The van der Waals surface area contributed by atoms with Crippen LogP contribution in [0, 0.1) is 0 Å². The Bertz CT molecular complexity index is 355. The molecule has 1 unspecified atom stereocenters. The first-order valence-corrected chi connectivity index (χ1v) is 7.20. The molecule has 5 heteroatoms. The van der Waals surface area contributed by atoms with Crippen LogP contribution >= 0.6 is 0 Å². The van der Waals surface area contributed by atoms with Crippen molar-refractivity contribution in [1.82, 2.24) is 4.31 Å². The van der Waals surface area contributed by atoms with Crippen molar-refractivity contribution in [1.29, 1.82) is 0 Å². The molecule has 0 bridgehead atoms. The molecule has 1 aliphatic rings. The zero-order chi connectivity index (χ0) is 12.8. The zero-order valence-electron chi connectivity index (χ0n) is 10.9. The highest BCUT2D eigenvalue weighted by atomic mass is 32.2. The summed E-state index contributed by atoms with van der Waals surface area (Å²) in [6.45, 7) is 9.59. The summed E-state index contributed by atoms with van der Waals surface area (Å²) < 4.78 is 25.7. The lowest BCUT2D eigenvalue weighted by atomic mass is 9.91. The van der Waals surface area contributed by atoms with Crippen LogP contribution in [0.1, 0.15) is 47.5 Å². The van der Waals surface area contributed by atoms with E-state index in [1.54, 1.807) is 25.1 Å². The Morgan fingerprint density at radius 2 is 1.81 bits per heavy atom. The van der Waals surface area contributed by atoms with E-state index < -0.39 is 14.8 Å². The van der Waals surface area contributed by atoms with Crippen LogP contribution in [0.3, 0.4) is 0 Å². The molecule has 16 heavy (non-hydrogen) atoms. The number of piperidine rings is 1. The molecule has 0 saturated carbocycles. The van der Waals surface area contributed by atoms with Crippen molar-refractivity contribution in [3.05, 3.63) is 0 Å². The Hall–Kier alpha value is -0.130. The van der Waals surface area contributed by atoms with Crippen LogP contribution in [0.25, 0.3) is 0 Å². The van der Waals surface area contributed by atoms with Crippen molar-refractivity contribution < 1.29 is 8.42 Å². The van der Waals surface area contributed by atoms with Gasteiger partial charge < -0.3 is 5.73 Å². The molecule has 1 aliphatic heterocycles. The standard InChI is InChI=1S/C11H24N2O2S/c1-10(2,3)16(14,15)13-8-9(12)6-7-11(13,4)5/h9H,6-8,12H2,1-5H3. The molecule has 2 N–H and O–H groups in total. The van der Waals surface area contributed by atoms with Crippen LogP contribution in [-0.2, 0) is 10.0 Å². The van der Waals surface area contributed by atoms with Crippen molar-refractivity contribution in [3.8, 4) is 0 Å². The third kappa shape index (κ3) is 2.41. The number of nitrogens with two attached hydrogens (primary N) is 1. The lowest BCUT2D eigenvalue weighted by molar-refractivity contribution is 0.151. The van der Waals surface area contributed by atoms with Gasteiger partial charge in [0.2, 0.25) is 10.0 Å². The summed E-state index contributed by atoms with van der Waals surface area (Å²) >= 11 is 0. The second kappa shape index (κ2) is 3.96. The van der Waals surface area contributed by atoms with E-state index in [9.17, 15) is 8.42 Å². The summed E-state index contributed by atoms with van der Waals surface area (Å²) in [7, 11) is -3.29. The molecule has 0 aromatic rings. The maximum atomic E-state index is 12.4. The van der Waals surface area contributed by atoms with Crippen LogP contribution in [0.5, 0.6) is 0 Å². The maximum absolute atomic E-state index is 12.4. The van der Waals surface area contributed by atoms with Crippen LogP contribution in [-0.4, -0.2) is 35.6 Å². The Kier molecular flexibility index (Phi) is 3.45. The normalized spacial score (nSPS) is 28.0. The molecule has 96 valence electrons. The summed E-state index contributed by atoms with van der Waals surface area (Å²) in [6.07, 6.45) is 1.71. The van der Waals surface area contributed by atoms with Crippen LogP contribution in [0.4, 0.5) is 0 Å². The van der Waals surface area contributed by atoms with Gasteiger partial charge in [0.15, 0.2) is 0 Å². The van der Waals surface area contributed by atoms with E-state index in [2.05, 4.69) is 0 Å². The molecule has 1 saturated heterocycles. The lowest BCUT2D eigenvalue weighted by Crippen LogP contribution is -2.59. The van der Waals surface area contributed by atoms with E-state index >= 15 is 0 Å². The van der Waals surface area contributed by atoms with E-state index in [0.717, 1.165) is 12.8 Å². The Labute approximate surface area is 99.2 Å². The predicted octanol–water partition coefficient (Wildman–Crippen LogP) is 1.32. The van der Waals surface area contributed by atoms with E-state index in [1.165, 1.54) is 0 Å². The van der Waals surface area contributed by atoms with Gasteiger partial charge in [-0.25, -0.2) is 8.42 Å². The van der Waals surface area contributed by atoms with Crippen molar-refractivity contribution >= 4 is 10.0 Å². The summed E-state index contributed by atoms with van der Waals surface area (Å²) in [4.78, 5) is 0. The van der Waals surface area contributed by atoms with Crippen molar-refractivity contribution in [3.63, 3.8) is 0 Å². The largest absolute Gasteiger partial charge is 0.327 e. The SMILES string of the molecule is CC1(C)CCC(N)CN1S(=O)(=O)C(C)(C)C. The molecular weight excluding hydrogens is 224 g/mol. The Morgan fingerprint density at radius 3 is 2.25 bits per heavy atom. The highest BCUT2D eigenvalue weighted by molar-refractivity contribution is 7.90. The van der Waals surface area contributed by atoms with Gasteiger partial charge in [0, 0.05) is 18.1 Å². The van der Waals surface area contributed by atoms with Crippen molar-refractivity contribution in [2.75, 3.05) is 6.54 Å². The van der Waals surface area contributed by atoms with Crippen molar-refractivity contribution in [2.24, 2.45) is 5.73 Å². The Balaban J connectivity index is 3.10. The second-order valence-corrected chi connectivity index (χ2v) is 8.88. The number of sulfonamides is 1. The smallest absolute Gasteiger partial charge is 0.219 e. The van der Waals surface area contributed by atoms with Gasteiger partial charge in [0.05, 0.1) is 4.75 Å². The average Bonchev–Trinajstić information content (AvgIpc) is 2.07.